The Morgan fingerprint density at radius 1 is 0.884 bits per heavy atom. The van der Waals surface area contributed by atoms with Gasteiger partial charge in [-0.1, -0.05) is 114 Å². The van der Waals surface area contributed by atoms with Crippen LogP contribution >= 0.6 is 11.3 Å². The van der Waals surface area contributed by atoms with Gasteiger partial charge in [-0.2, -0.15) is 0 Å². The second-order valence-corrected chi connectivity index (χ2v) is 26.9. The van der Waals surface area contributed by atoms with Crippen LogP contribution in [0.25, 0.3) is 5.76 Å². The maximum absolute atomic E-state index is 7.59. The average Bonchev–Trinajstić information content (AvgIpc) is 3.37. The SMILES string of the molecule is CCc1ccc(Cc2sccc2C2=C[C@@H](O[Si](C(C)C)(C(C)C)C(C)C)[C@@H]3O[Si](C(C)(C)C)(C(C)(C)C)OC[C@H]3O2)cc1. The van der Waals surface area contributed by atoms with Crippen LogP contribution in [0.4, 0.5) is 0 Å². The molecule has 1 saturated heterocycles. The van der Waals surface area contributed by atoms with E-state index in [1.54, 1.807) is 11.3 Å². The van der Waals surface area contributed by atoms with Crippen LogP contribution in [0, 0.1) is 0 Å². The first kappa shape index (κ1) is 34.6. The Hall–Kier alpha value is -1.23. The highest BCUT2D eigenvalue weighted by molar-refractivity contribution is 7.10. The maximum Gasteiger partial charge on any atom is 0.349 e. The lowest BCUT2D eigenvalue weighted by Gasteiger charge is -2.57. The quantitative estimate of drug-likeness (QED) is 0.255. The molecule has 0 spiro atoms. The Labute approximate surface area is 269 Å². The van der Waals surface area contributed by atoms with E-state index in [-0.39, 0.29) is 28.4 Å². The van der Waals surface area contributed by atoms with Crippen molar-refractivity contribution < 1.29 is 18.0 Å². The molecule has 0 aliphatic carbocycles. The van der Waals surface area contributed by atoms with E-state index < -0.39 is 16.9 Å². The van der Waals surface area contributed by atoms with E-state index in [9.17, 15) is 0 Å². The van der Waals surface area contributed by atoms with E-state index in [0.717, 1.165) is 18.6 Å². The first-order valence-corrected chi connectivity index (χ1v) is 21.3. The smallest absolute Gasteiger partial charge is 0.349 e. The largest absolute Gasteiger partial charge is 0.485 e. The maximum atomic E-state index is 7.59. The number of rotatable bonds is 9. The number of hydrogen-bond donors (Lipinski definition) is 0. The van der Waals surface area contributed by atoms with Gasteiger partial charge < -0.3 is 18.0 Å². The number of aryl methyl sites for hydroxylation is 1. The molecule has 0 unspecified atom stereocenters. The standard InChI is InChI=1S/C36H58O4SSi2/c1-14-27-15-17-28(18-16-27)21-33-29(19-20-41-33)30-22-31(39-42(24(2)3,25(4)5)26(6)7)34-32(38-30)23-37-43(40-34,35(8,9)10)36(11,12)13/h15-20,22,24-26,31-32,34H,14,21,23H2,1-13H3/t31-,32-,34+/m1/s1. The normalized spacial score (nSPS) is 23.0. The Kier molecular flexibility index (Phi) is 10.4. The van der Waals surface area contributed by atoms with Crippen LogP contribution in [0.2, 0.25) is 26.7 Å². The van der Waals surface area contributed by atoms with Crippen molar-refractivity contribution in [2.75, 3.05) is 6.61 Å². The van der Waals surface area contributed by atoms with Gasteiger partial charge >= 0.3 is 8.56 Å². The highest BCUT2D eigenvalue weighted by Gasteiger charge is 2.64. The molecule has 0 saturated carbocycles. The van der Waals surface area contributed by atoms with Gasteiger partial charge in [0.1, 0.15) is 18.0 Å². The minimum absolute atomic E-state index is 0.110. The molecule has 2 aliphatic heterocycles. The van der Waals surface area contributed by atoms with Crippen molar-refractivity contribution >= 4 is 34.0 Å². The molecule has 1 aromatic carbocycles. The summed E-state index contributed by atoms with van der Waals surface area (Å²) in [4.78, 5) is 1.32. The van der Waals surface area contributed by atoms with Crippen molar-refractivity contribution in [2.45, 2.75) is 148 Å². The van der Waals surface area contributed by atoms with Gasteiger partial charge in [0.05, 0.1) is 12.7 Å². The molecule has 0 bridgehead atoms. The topological polar surface area (TPSA) is 36.9 Å². The highest BCUT2D eigenvalue weighted by Crippen LogP contribution is 2.56. The third-order valence-electron chi connectivity index (χ3n) is 9.87. The Morgan fingerprint density at radius 2 is 1.44 bits per heavy atom. The van der Waals surface area contributed by atoms with Crippen molar-refractivity contribution in [1.82, 2.24) is 0 Å². The van der Waals surface area contributed by atoms with Gasteiger partial charge in [0.15, 0.2) is 0 Å². The number of benzene rings is 1. The van der Waals surface area contributed by atoms with E-state index in [1.807, 2.05) is 0 Å². The lowest BCUT2D eigenvalue weighted by molar-refractivity contribution is -0.113. The minimum atomic E-state index is -2.72. The molecule has 0 amide bonds. The molecular weight excluding hydrogens is 585 g/mol. The van der Waals surface area contributed by atoms with Gasteiger partial charge in [0.2, 0.25) is 8.32 Å². The average molecular weight is 643 g/mol. The molecule has 2 aliphatic rings. The molecule has 4 nitrogen and oxygen atoms in total. The fourth-order valence-electron chi connectivity index (χ4n) is 8.01. The summed E-state index contributed by atoms with van der Waals surface area (Å²) < 4.78 is 28.7. The Morgan fingerprint density at radius 3 is 1.95 bits per heavy atom. The zero-order valence-corrected chi connectivity index (χ0v) is 32.0. The molecule has 0 radical (unpaired) electrons. The van der Waals surface area contributed by atoms with Gasteiger partial charge in [0.25, 0.3) is 0 Å². The van der Waals surface area contributed by atoms with Crippen molar-refractivity contribution in [3.63, 3.8) is 0 Å². The van der Waals surface area contributed by atoms with E-state index in [1.165, 1.54) is 21.6 Å². The summed E-state index contributed by atoms with van der Waals surface area (Å²) in [6.07, 6.45) is 3.61. The van der Waals surface area contributed by atoms with Gasteiger partial charge in [-0.3, -0.25) is 0 Å². The second-order valence-electron chi connectivity index (χ2n) is 15.7. The number of ether oxygens (including phenoxy) is 1. The van der Waals surface area contributed by atoms with Crippen molar-refractivity contribution in [2.24, 2.45) is 0 Å². The number of hydrogen-bond acceptors (Lipinski definition) is 5. The van der Waals surface area contributed by atoms with Crippen molar-refractivity contribution in [3.05, 3.63) is 63.4 Å². The predicted molar refractivity (Wildman–Crippen MR) is 188 cm³/mol. The number of fused-ring (bicyclic) bond motifs is 1. The summed E-state index contributed by atoms with van der Waals surface area (Å²) in [7, 11) is -4.95. The molecule has 0 N–H and O–H groups in total. The molecule has 3 heterocycles. The molecule has 240 valence electrons. The lowest BCUT2D eigenvalue weighted by atomic mass is 10.0. The van der Waals surface area contributed by atoms with Gasteiger partial charge in [-0.15, -0.1) is 11.3 Å². The molecule has 43 heavy (non-hydrogen) atoms. The molecule has 7 heteroatoms. The summed E-state index contributed by atoms with van der Waals surface area (Å²) in [6.45, 7) is 30.6. The fraction of sp³-hybridized carbons (Fsp3) is 0.667. The van der Waals surface area contributed by atoms with E-state index in [2.05, 4.69) is 132 Å². The van der Waals surface area contributed by atoms with Crippen LogP contribution in [0.3, 0.4) is 0 Å². The van der Waals surface area contributed by atoms with Crippen molar-refractivity contribution in [1.29, 1.82) is 0 Å². The molecule has 4 rings (SSSR count). The molecule has 2 aromatic rings. The zero-order valence-electron chi connectivity index (χ0n) is 29.2. The van der Waals surface area contributed by atoms with Crippen LogP contribution in [-0.4, -0.2) is 41.8 Å². The summed E-state index contributed by atoms with van der Waals surface area (Å²) in [5.41, 5.74) is 5.28. The molecular formula is C36H58O4SSi2. The number of thiophene rings is 1. The lowest BCUT2D eigenvalue weighted by Crippen LogP contribution is -2.68. The summed E-state index contributed by atoms with van der Waals surface area (Å²) >= 11 is 1.80. The van der Waals surface area contributed by atoms with Crippen LogP contribution in [0.1, 0.15) is 112 Å². The third-order valence-corrected chi connectivity index (χ3v) is 22.0. The fourth-order valence-corrected chi connectivity index (χ4v) is 19.4. The monoisotopic (exact) mass is 642 g/mol. The first-order chi connectivity index (χ1) is 20.0. The minimum Gasteiger partial charge on any atom is -0.485 e. The molecule has 1 fully saturated rings. The first-order valence-electron chi connectivity index (χ1n) is 16.5. The highest BCUT2D eigenvalue weighted by atomic mass is 32.1. The van der Waals surface area contributed by atoms with Crippen LogP contribution in [-0.2, 0) is 30.9 Å². The molecule has 1 aromatic heterocycles. The van der Waals surface area contributed by atoms with Crippen molar-refractivity contribution in [3.8, 4) is 0 Å². The second kappa shape index (κ2) is 12.9. The van der Waals surface area contributed by atoms with E-state index in [0.29, 0.717) is 23.2 Å². The summed E-state index contributed by atoms with van der Waals surface area (Å²) in [5, 5.41) is 1.97. The van der Waals surface area contributed by atoms with Crippen LogP contribution in [0.5, 0.6) is 0 Å². The van der Waals surface area contributed by atoms with Crippen LogP contribution < -0.4 is 0 Å². The van der Waals surface area contributed by atoms with E-state index >= 15 is 0 Å². The van der Waals surface area contributed by atoms with Gasteiger partial charge in [-0.05, 0) is 51.7 Å². The summed E-state index contributed by atoms with van der Waals surface area (Å²) in [6, 6.07) is 11.2. The van der Waals surface area contributed by atoms with Crippen LogP contribution in [0.15, 0.2) is 41.8 Å². The Balaban J connectivity index is 1.79. The van der Waals surface area contributed by atoms with Gasteiger partial charge in [0, 0.05) is 26.9 Å². The third kappa shape index (κ3) is 6.55. The van der Waals surface area contributed by atoms with E-state index in [4.69, 9.17) is 18.0 Å². The molecule has 3 atom stereocenters. The predicted octanol–water partition coefficient (Wildman–Crippen LogP) is 10.7. The zero-order chi connectivity index (χ0) is 32.0. The Bertz CT molecular complexity index is 1210. The summed E-state index contributed by atoms with van der Waals surface area (Å²) in [5.74, 6) is 0.916. The van der Waals surface area contributed by atoms with Gasteiger partial charge in [-0.25, -0.2) is 0 Å².